The van der Waals surface area contributed by atoms with Gasteiger partial charge in [0.25, 0.3) is 0 Å². The van der Waals surface area contributed by atoms with E-state index in [0.717, 1.165) is 43.7 Å². The van der Waals surface area contributed by atoms with Crippen molar-refractivity contribution in [2.45, 2.75) is 35.6 Å². The maximum Gasteiger partial charge on any atom is 0.190 e. The summed E-state index contributed by atoms with van der Waals surface area (Å²) in [4.78, 5) is 7.19. The van der Waals surface area contributed by atoms with E-state index in [1.165, 1.54) is 5.56 Å². The number of hydrogen-bond donors (Lipinski definition) is 2. The van der Waals surface area contributed by atoms with Crippen molar-refractivity contribution in [1.29, 1.82) is 0 Å². The number of pyridine rings is 1. The number of anilines is 2. The van der Waals surface area contributed by atoms with Gasteiger partial charge in [-0.3, -0.25) is 9.88 Å². The van der Waals surface area contributed by atoms with Crippen LogP contribution in [-0.4, -0.2) is 37.4 Å². The van der Waals surface area contributed by atoms with Gasteiger partial charge in [0.15, 0.2) is 9.84 Å². The highest BCUT2D eigenvalue weighted by Gasteiger charge is 2.34. The molecule has 3 N–H and O–H groups in total. The summed E-state index contributed by atoms with van der Waals surface area (Å²) in [6.07, 6.45) is 7.27. The van der Waals surface area contributed by atoms with E-state index in [2.05, 4.69) is 39.5 Å². The van der Waals surface area contributed by atoms with Crippen LogP contribution in [-0.2, 0) is 16.4 Å². The molecule has 6 nitrogen and oxygen atoms in total. The topological polar surface area (TPSA) is 88.3 Å². The second-order valence-electron chi connectivity index (χ2n) is 8.73. The maximum atomic E-state index is 13.3. The van der Waals surface area contributed by atoms with E-state index in [4.69, 9.17) is 5.73 Å². The van der Waals surface area contributed by atoms with E-state index in [0.29, 0.717) is 16.3 Å². The third kappa shape index (κ3) is 4.38. The molecular formula is C26H28N4O2S. The molecular weight excluding hydrogens is 432 g/mol. The second kappa shape index (κ2) is 9.00. The highest BCUT2D eigenvalue weighted by molar-refractivity contribution is 7.91. The smallest absolute Gasteiger partial charge is 0.190 e. The first-order chi connectivity index (χ1) is 16.0. The SMILES string of the molecule is Nc1cnc2c(c1N[C@@H]1CCCN(Cc3ccccc3)C1)C=CC2S(=O)(=O)c1ccccc1. The first-order valence-corrected chi connectivity index (χ1v) is 12.9. The number of aromatic nitrogens is 1. The number of benzene rings is 2. The van der Waals surface area contributed by atoms with Crippen molar-refractivity contribution in [2.75, 3.05) is 24.1 Å². The van der Waals surface area contributed by atoms with Crippen molar-refractivity contribution in [3.8, 4) is 0 Å². The Kier molecular flexibility index (Phi) is 5.91. The molecule has 170 valence electrons. The van der Waals surface area contributed by atoms with Crippen molar-refractivity contribution in [1.82, 2.24) is 9.88 Å². The number of nitrogens with one attached hydrogen (secondary N) is 1. The zero-order valence-corrected chi connectivity index (χ0v) is 19.2. The van der Waals surface area contributed by atoms with Crippen molar-refractivity contribution in [3.05, 3.63) is 89.8 Å². The summed E-state index contributed by atoms with van der Waals surface area (Å²) in [7, 11) is -3.58. The van der Waals surface area contributed by atoms with Gasteiger partial charge in [0, 0.05) is 24.7 Å². The Bertz CT molecular complexity index is 1260. The molecule has 1 unspecified atom stereocenters. The first kappa shape index (κ1) is 21.7. The van der Waals surface area contributed by atoms with Crippen molar-refractivity contribution in [2.24, 2.45) is 0 Å². The van der Waals surface area contributed by atoms with Crippen LogP contribution in [0.25, 0.3) is 6.08 Å². The van der Waals surface area contributed by atoms with Gasteiger partial charge in [-0.25, -0.2) is 8.42 Å². The first-order valence-electron chi connectivity index (χ1n) is 11.3. The number of fused-ring (bicyclic) bond motifs is 1. The number of piperidine rings is 1. The molecule has 0 amide bonds. The van der Waals surface area contributed by atoms with Crippen LogP contribution >= 0.6 is 0 Å². The van der Waals surface area contributed by atoms with Gasteiger partial charge in [-0.15, -0.1) is 0 Å². The zero-order chi connectivity index (χ0) is 22.8. The van der Waals surface area contributed by atoms with E-state index >= 15 is 0 Å². The average Bonchev–Trinajstić information content (AvgIpc) is 3.28. The third-order valence-electron chi connectivity index (χ3n) is 6.39. The number of nitrogens with zero attached hydrogens (tertiary/aromatic N) is 2. The van der Waals surface area contributed by atoms with E-state index in [-0.39, 0.29) is 6.04 Å². The molecule has 1 aliphatic carbocycles. The van der Waals surface area contributed by atoms with Crippen molar-refractivity contribution < 1.29 is 8.42 Å². The molecule has 0 spiro atoms. The van der Waals surface area contributed by atoms with Gasteiger partial charge in [0.1, 0.15) is 5.25 Å². The largest absolute Gasteiger partial charge is 0.396 e. The summed E-state index contributed by atoms with van der Waals surface area (Å²) >= 11 is 0. The molecule has 1 aromatic heterocycles. The van der Waals surface area contributed by atoms with Crippen LogP contribution in [0.1, 0.15) is 34.9 Å². The number of nitrogen functional groups attached to an aromatic ring is 1. The quantitative estimate of drug-likeness (QED) is 0.571. The van der Waals surface area contributed by atoms with Crippen LogP contribution in [0.5, 0.6) is 0 Å². The number of likely N-dealkylation sites (tertiary alicyclic amines) is 1. The van der Waals surface area contributed by atoms with E-state index in [1.807, 2.05) is 18.2 Å². The average molecular weight is 461 g/mol. The Hall–Kier alpha value is -3.16. The summed E-state index contributed by atoms with van der Waals surface area (Å²) in [6.45, 7) is 2.88. The van der Waals surface area contributed by atoms with Gasteiger partial charge in [-0.2, -0.15) is 0 Å². The standard InChI is InChI=1S/C26H28N4O2S/c27-23-16-28-26-22(13-14-24(26)33(31,32)21-11-5-2-6-12-21)25(23)29-20-10-7-15-30(18-20)17-19-8-3-1-4-9-19/h1-6,8-9,11-14,16,20,24H,7,10,15,17-18,27H2,(H,28,29)/t20-,24?/m1/s1. The molecule has 2 heterocycles. The molecule has 2 aromatic carbocycles. The molecule has 3 aromatic rings. The van der Waals surface area contributed by atoms with Crippen LogP contribution in [0.3, 0.4) is 0 Å². The molecule has 7 heteroatoms. The molecule has 1 saturated heterocycles. The van der Waals surface area contributed by atoms with Gasteiger partial charge in [0.05, 0.1) is 28.2 Å². The van der Waals surface area contributed by atoms with Crippen LogP contribution in [0, 0.1) is 0 Å². The highest BCUT2D eigenvalue weighted by Crippen LogP contribution is 2.41. The molecule has 1 fully saturated rings. The van der Waals surface area contributed by atoms with Gasteiger partial charge < -0.3 is 11.1 Å². The molecule has 0 saturated carbocycles. The lowest BCUT2D eigenvalue weighted by Crippen LogP contribution is -2.41. The van der Waals surface area contributed by atoms with Gasteiger partial charge in [-0.05, 0) is 37.1 Å². The Morgan fingerprint density at radius 2 is 1.79 bits per heavy atom. The number of nitrogens with two attached hydrogens (primary N) is 1. The summed E-state index contributed by atoms with van der Waals surface area (Å²) in [5, 5.41) is 2.82. The monoisotopic (exact) mass is 460 g/mol. The predicted molar refractivity (Wildman–Crippen MR) is 132 cm³/mol. The van der Waals surface area contributed by atoms with Crippen molar-refractivity contribution >= 4 is 27.3 Å². The molecule has 1 aliphatic heterocycles. The molecule has 2 atom stereocenters. The lowest BCUT2D eigenvalue weighted by molar-refractivity contribution is 0.208. The van der Waals surface area contributed by atoms with Crippen LogP contribution in [0.4, 0.5) is 11.4 Å². The lowest BCUT2D eigenvalue weighted by atomic mass is 10.0. The number of sulfone groups is 1. The Morgan fingerprint density at radius 1 is 1.06 bits per heavy atom. The summed E-state index contributed by atoms with van der Waals surface area (Å²) < 4.78 is 26.5. The maximum absolute atomic E-state index is 13.3. The summed E-state index contributed by atoms with van der Waals surface area (Å²) in [5.74, 6) is 0. The number of rotatable bonds is 6. The molecule has 0 bridgehead atoms. The second-order valence-corrected chi connectivity index (χ2v) is 10.8. The summed E-state index contributed by atoms with van der Waals surface area (Å²) in [6, 6.07) is 19.3. The highest BCUT2D eigenvalue weighted by atomic mass is 32.2. The fourth-order valence-electron chi connectivity index (χ4n) is 4.76. The normalized spacial score (nSPS) is 20.5. The van der Waals surface area contributed by atoms with Gasteiger partial charge in [-0.1, -0.05) is 60.7 Å². The fraction of sp³-hybridized carbons (Fsp3) is 0.269. The van der Waals surface area contributed by atoms with Crippen LogP contribution < -0.4 is 11.1 Å². The molecule has 5 rings (SSSR count). The van der Waals surface area contributed by atoms with Crippen LogP contribution in [0.15, 0.2) is 77.8 Å². The minimum atomic E-state index is -3.58. The Morgan fingerprint density at radius 3 is 2.55 bits per heavy atom. The van der Waals surface area contributed by atoms with Crippen LogP contribution in [0.2, 0.25) is 0 Å². The number of hydrogen-bond acceptors (Lipinski definition) is 6. The Labute approximate surface area is 195 Å². The third-order valence-corrected chi connectivity index (χ3v) is 8.37. The van der Waals surface area contributed by atoms with Gasteiger partial charge >= 0.3 is 0 Å². The predicted octanol–water partition coefficient (Wildman–Crippen LogP) is 4.28. The summed E-state index contributed by atoms with van der Waals surface area (Å²) in [5.41, 5.74) is 10.3. The Balaban J connectivity index is 1.37. The molecule has 33 heavy (non-hydrogen) atoms. The van der Waals surface area contributed by atoms with E-state index in [9.17, 15) is 8.42 Å². The van der Waals surface area contributed by atoms with E-state index in [1.54, 1.807) is 36.5 Å². The molecule has 2 aliphatic rings. The zero-order valence-electron chi connectivity index (χ0n) is 18.4. The molecule has 0 radical (unpaired) electrons. The minimum absolute atomic E-state index is 0.231. The minimum Gasteiger partial charge on any atom is -0.396 e. The van der Waals surface area contributed by atoms with Gasteiger partial charge in [0.2, 0.25) is 0 Å². The lowest BCUT2D eigenvalue weighted by Gasteiger charge is -2.34. The van der Waals surface area contributed by atoms with E-state index < -0.39 is 15.1 Å². The fourth-order valence-corrected chi connectivity index (χ4v) is 6.35. The van der Waals surface area contributed by atoms with Crippen molar-refractivity contribution in [3.63, 3.8) is 0 Å².